The van der Waals surface area contributed by atoms with Gasteiger partial charge in [0.2, 0.25) is 6.41 Å². The van der Waals surface area contributed by atoms with Crippen LogP contribution in [0.4, 0.5) is 0 Å². The number of likely N-dealkylation sites (tertiary alicyclic amines) is 1. The van der Waals surface area contributed by atoms with Gasteiger partial charge in [-0.3, -0.25) is 4.79 Å². The molecule has 0 saturated carbocycles. The van der Waals surface area contributed by atoms with Gasteiger partial charge in [0.1, 0.15) is 0 Å². The van der Waals surface area contributed by atoms with E-state index in [1.54, 1.807) is 0 Å². The molecule has 1 unspecified atom stereocenters. The monoisotopic (exact) mass is 155 g/mol. The van der Waals surface area contributed by atoms with E-state index in [2.05, 4.69) is 13.8 Å². The summed E-state index contributed by atoms with van der Waals surface area (Å²) in [5.74, 6) is 0.709. The maximum absolute atomic E-state index is 10.5. The van der Waals surface area contributed by atoms with Crippen LogP contribution in [0.5, 0.6) is 0 Å². The van der Waals surface area contributed by atoms with Crippen LogP contribution < -0.4 is 0 Å². The highest BCUT2D eigenvalue weighted by molar-refractivity contribution is 5.48. The summed E-state index contributed by atoms with van der Waals surface area (Å²) in [6.45, 7) is 5.39. The van der Waals surface area contributed by atoms with E-state index < -0.39 is 0 Å². The Hall–Kier alpha value is -0.530. The van der Waals surface area contributed by atoms with Crippen molar-refractivity contribution in [2.75, 3.05) is 6.54 Å². The van der Waals surface area contributed by atoms with Gasteiger partial charge in [-0.1, -0.05) is 13.8 Å². The number of rotatable bonds is 3. The second kappa shape index (κ2) is 3.74. The first kappa shape index (κ1) is 8.57. The number of nitrogens with zero attached hydrogens (tertiary/aromatic N) is 1. The molecule has 1 heterocycles. The van der Waals surface area contributed by atoms with E-state index in [-0.39, 0.29) is 0 Å². The van der Waals surface area contributed by atoms with Crippen LogP contribution >= 0.6 is 0 Å². The molecule has 1 rings (SSSR count). The van der Waals surface area contributed by atoms with Crippen molar-refractivity contribution >= 4 is 6.41 Å². The zero-order chi connectivity index (χ0) is 8.27. The molecule has 0 aromatic carbocycles. The first-order valence-electron chi connectivity index (χ1n) is 4.45. The fourth-order valence-electron chi connectivity index (χ4n) is 1.79. The lowest BCUT2D eigenvalue weighted by Gasteiger charge is -2.21. The van der Waals surface area contributed by atoms with Gasteiger partial charge in [0.25, 0.3) is 0 Å². The molecule has 11 heavy (non-hydrogen) atoms. The lowest BCUT2D eigenvalue weighted by Crippen LogP contribution is -2.28. The van der Waals surface area contributed by atoms with Crippen molar-refractivity contribution in [3.63, 3.8) is 0 Å². The molecule has 1 saturated heterocycles. The van der Waals surface area contributed by atoms with Crippen LogP contribution in [0.2, 0.25) is 0 Å². The summed E-state index contributed by atoms with van der Waals surface area (Å²) in [5.41, 5.74) is 0. The number of hydrogen-bond donors (Lipinski definition) is 0. The Morgan fingerprint density at radius 2 is 2.36 bits per heavy atom. The third-order valence-corrected chi connectivity index (χ3v) is 2.30. The summed E-state index contributed by atoms with van der Waals surface area (Å²) in [5, 5.41) is 0. The number of carbonyl (C=O) groups is 1. The minimum atomic E-state index is 0.535. The summed E-state index contributed by atoms with van der Waals surface area (Å²) in [6.07, 6.45) is 4.56. The molecule has 1 aliphatic rings. The molecular formula is C9H17NO. The molecule has 2 heteroatoms. The highest BCUT2D eigenvalue weighted by Gasteiger charge is 2.22. The van der Waals surface area contributed by atoms with Crippen LogP contribution in [0.25, 0.3) is 0 Å². The van der Waals surface area contributed by atoms with E-state index in [4.69, 9.17) is 0 Å². The minimum absolute atomic E-state index is 0.535. The van der Waals surface area contributed by atoms with Crippen molar-refractivity contribution in [3.05, 3.63) is 0 Å². The van der Waals surface area contributed by atoms with Crippen LogP contribution in [0.15, 0.2) is 0 Å². The number of hydrogen-bond acceptors (Lipinski definition) is 1. The number of carbonyl (C=O) groups excluding carboxylic acids is 1. The molecule has 2 nitrogen and oxygen atoms in total. The van der Waals surface area contributed by atoms with Gasteiger partial charge in [-0.25, -0.2) is 0 Å². The molecule has 1 amide bonds. The second-order valence-corrected chi connectivity index (χ2v) is 3.77. The normalized spacial score (nSPS) is 24.6. The van der Waals surface area contributed by atoms with Crippen LogP contribution in [0.3, 0.4) is 0 Å². The predicted octanol–water partition coefficient (Wildman–Crippen LogP) is 1.65. The predicted molar refractivity (Wildman–Crippen MR) is 45.2 cm³/mol. The van der Waals surface area contributed by atoms with Gasteiger partial charge in [0.05, 0.1) is 0 Å². The van der Waals surface area contributed by atoms with E-state index >= 15 is 0 Å². The average Bonchev–Trinajstić information content (AvgIpc) is 2.34. The van der Waals surface area contributed by atoms with Crippen molar-refractivity contribution < 1.29 is 4.79 Å². The van der Waals surface area contributed by atoms with Crippen LogP contribution in [-0.2, 0) is 4.79 Å². The molecule has 0 radical (unpaired) electrons. The first-order chi connectivity index (χ1) is 5.24. The molecule has 64 valence electrons. The summed E-state index contributed by atoms with van der Waals surface area (Å²) in [7, 11) is 0. The summed E-state index contributed by atoms with van der Waals surface area (Å²) in [6, 6.07) is 0.535. The SMILES string of the molecule is CC(C)CC1CCCN1C=O. The van der Waals surface area contributed by atoms with Gasteiger partial charge in [0, 0.05) is 12.6 Å². The number of amides is 1. The topological polar surface area (TPSA) is 20.3 Å². The largest absolute Gasteiger partial charge is 0.342 e. The minimum Gasteiger partial charge on any atom is -0.342 e. The fourth-order valence-corrected chi connectivity index (χ4v) is 1.79. The zero-order valence-electron chi connectivity index (χ0n) is 7.42. The fraction of sp³-hybridized carbons (Fsp3) is 0.889. The lowest BCUT2D eigenvalue weighted by molar-refractivity contribution is -0.119. The second-order valence-electron chi connectivity index (χ2n) is 3.77. The van der Waals surface area contributed by atoms with Gasteiger partial charge in [0.15, 0.2) is 0 Å². The van der Waals surface area contributed by atoms with Crippen molar-refractivity contribution in [1.29, 1.82) is 0 Å². The molecule has 1 aliphatic heterocycles. The molecule has 0 aromatic heterocycles. The summed E-state index contributed by atoms with van der Waals surface area (Å²) < 4.78 is 0. The van der Waals surface area contributed by atoms with E-state index in [0.29, 0.717) is 12.0 Å². The summed E-state index contributed by atoms with van der Waals surface area (Å²) in [4.78, 5) is 12.5. The van der Waals surface area contributed by atoms with Crippen molar-refractivity contribution in [1.82, 2.24) is 4.90 Å². The molecular weight excluding hydrogens is 138 g/mol. The third-order valence-electron chi connectivity index (χ3n) is 2.30. The van der Waals surface area contributed by atoms with E-state index in [0.717, 1.165) is 13.0 Å². The van der Waals surface area contributed by atoms with Crippen LogP contribution in [0, 0.1) is 5.92 Å². The molecule has 0 bridgehead atoms. The van der Waals surface area contributed by atoms with Crippen molar-refractivity contribution in [2.45, 2.75) is 39.2 Å². The van der Waals surface area contributed by atoms with Gasteiger partial charge >= 0.3 is 0 Å². The van der Waals surface area contributed by atoms with Gasteiger partial charge in [-0.15, -0.1) is 0 Å². The lowest BCUT2D eigenvalue weighted by atomic mass is 10.0. The summed E-state index contributed by atoms with van der Waals surface area (Å²) >= 11 is 0. The molecule has 0 aromatic rings. The first-order valence-corrected chi connectivity index (χ1v) is 4.45. The molecule has 1 fully saturated rings. The van der Waals surface area contributed by atoms with Gasteiger partial charge in [-0.2, -0.15) is 0 Å². The van der Waals surface area contributed by atoms with Crippen LogP contribution in [0.1, 0.15) is 33.1 Å². The maximum Gasteiger partial charge on any atom is 0.209 e. The highest BCUT2D eigenvalue weighted by atomic mass is 16.1. The Kier molecular flexibility index (Phi) is 2.92. The van der Waals surface area contributed by atoms with Gasteiger partial charge in [-0.05, 0) is 25.2 Å². The Labute approximate surface area is 68.6 Å². The standard InChI is InChI=1S/C9H17NO/c1-8(2)6-9-4-3-5-10(9)7-11/h7-9H,3-6H2,1-2H3. The Bertz CT molecular complexity index is 134. The molecule has 0 spiro atoms. The molecule has 1 atom stereocenters. The maximum atomic E-state index is 10.5. The Balaban J connectivity index is 2.37. The molecule has 0 aliphatic carbocycles. The third kappa shape index (κ3) is 2.21. The van der Waals surface area contributed by atoms with Crippen molar-refractivity contribution in [3.8, 4) is 0 Å². The van der Waals surface area contributed by atoms with E-state index in [1.807, 2.05) is 4.90 Å². The Morgan fingerprint density at radius 1 is 1.64 bits per heavy atom. The van der Waals surface area contributed by atoms with Crippen LogP contribution in [-0.4, -0.2) is 23.9 Å². The van der Waals surface area contributed by atoms with E-state index in [9.17, 15) is 4.79 Å². The quantitative estimate of drug-likeness (QED) is 0.567. The highest BCUT2D eigenvalue weighted by Crippen LogP contribution is 2.21. The Morgan fingerprint density at radius 3 is 2.91 bits per heavy atom. The van der Waals surface area contributed by atoms with Crippen molar-refractivity contribution in [2.24, 2.45) is 5.92 Å². The zero-order valence-corrected chi connectivity index (χ0v) is 7.42. The molecule has 0 N–H and O–H groups in total. The van der Waals surface area contributed by atoms with Gasteiger partial charge < -0.3 is 4.90 Å². The average molecular weight is 155 g/mol. The van der Waals surface area contributed by atoms with E-state index in [1.165, 1.54) is 19.3 Å². The smallest absolute Gasteiger partial charge is 0.209 e.